The summed E-state index contributed by atoms with van der Waals surface area (Å²) in [4.78, 5) is 15.7. The van der Waals surface area contributed by atoms with Crippen molar-refractivity contribution in [3.63, 3.8) is 0 Å². The lowest BCUT2D eigenvalue weighted by atomic mass is 10.1. The van der Waals surface area contributed by atoms with Gasteiger partial charge in [0.2, 0.25) is 11.0 Å². The highest BCUT2D eigenvalue weighted by Gasteiger charge is 2.27. The van der Waals surface area contributed by atoms with Crippen molar-refractivity contribution in [3.8, 4) is 0 Å². The molecule has 110 valence electrons. The van der Waals surface area contributed by atoms with E-state index in [0.29, 0.717) is 5.92 Å². The number of aryl methyl sites for hydroxylation is 2. The van der Waals surface area contributed by atoms with Crippen molar-refractivity contribution in [1.82, 2.24) is 9.36 Å². The fourth-order valence-electron chi connectivity index (χ4n) is 2.33. The van der Waals surface area contributed by atoms with E-state index in [2.05, 4.69) is 20.0 Å². The fraction of sp³-hybridized carbons (Fsp3) is 0.400. The molecule has 1 aromatic carbocycles. The summed E-state index contributed by atoms with van der Waals surface area (Å²) in [5.74, 6) is 1.48. The van der Waals surface area contributed by atoms with Crippen LogP contribution in [0.4, 0.5) is 16.5 Å². The SMILES string of the molecule is CC(=O)Nc1c(C)cc(Nc2nc(C3CC3)ns2)cc1C. The van der Waals surface area contributed by atoms with Crippen LogP contribution in [0.25, 0.3) is 0 Å². The number of hydrogen-bond acceptors (Lipinski definition) is 5. The molecular formula is C15H18N4OS. The van der Waals surface area contributed by atoms with Crippen LogP contribution >= 0.6 is 11.5 Å². The van der Waals surface area contributed by atoms with Gasteiger partial charge in [0, 0.05) is 35.7 Å². The fourth-order valence-corrected chi connectivity index (χ4v) is 2.99. The third-order valence-corrected chi connectivity index (χ3v) is 4.11. The molecule has 21 heavy (non-hydrogen) atoms. The van der Waals surface area contributed by atoms with Gasteiger partial charge in [-0.25, -0.2) is 4.98 Å². The summed E-state index contributed by atoms with van der Waals surface area (Å²) >= 11 is 1.40. The van der Waals surface area contributed by atoms with E-state index in [1.54, 1.807) is 0 Å². The largest absolute Gasteiger partial charge is 0.330 e. The summed E-state index contributed by atoms with van der Waals surface area (Å²) in [5, 5.41) is 6.99. The van der Waals surface area contributed by atoms with Crippen LogP contribution in [0.5, 0.6) is 0 Å². The zero-order chi connectivity index (χ0) is 15.0. The van der Waals surface area contributed by atoms with E-state index in [0.717, 1.165) is 33.5 Å². The van der Waals surface area contributed by atoms with Crippen molar-refractivity contribution in [2.75, 3.05) is 10.6 Å². The van der Waals surface area contributed by atoms with Gasteiger partial charge in [-0.05, 0) is 49.9 Å². The lowest BCUT2D eigenvalue weighted by Gasteiger charge is -2.13. The van der Waals surface area contributed by atoms with Crippen LogP contribution in [0.3, 0.4) is 0 Å². The van der Waals surface area contributed by atoms with Crippen LogP contribution in [0, 0.1) is 13.8 Å². The molecule has 0 saturated heterocycles. The second-order valence-electron chi connectivity index (χ2n) is 5.52. The Hall–Kier alpha value is -1.95. The Balaban J connectivity index is 1.80. The topological polar surface area (TPSA) is 66.9 Å². The molecule has 0 bridgehead atoms. The van der Waals surface area contributed by atoms with Crippen LogP contribution in [0.1, 0.15) is 42.6 Å². The summed E-state index contributed by atoms with van der Waals surface area (Å²) in [7, 11) is 0. The number of aromatic nitrogens is 2. The van der Waals surface area contributed by atoms with Crippen molar-refractivity contribution in [2.24, 2.45) is 0 Å². The van der Waals surface area contributed by atoms with Gasteiger partial charge in [-0.3, -0.25) is 4.79 Å². The maximum absolute atomic E-state index is 11.2. The van der Waals surface area contributed by atoms with Crippen LogP contribution in [-0.4, -0.2) is 15.3 Å². The Kier molecular flexibility index (Phi) is 3.63. The molecule has 3 rings (SSSR count). The number of carbonyl (C=O) groups is 1. The molecule has 1 aliphatic rings. The first-order chi connectivity index (χ1) is 10.0. The van der Waals surface area contributed by atoms with Crippen molar-refractivity contribution < 1.29 is 4.79 Å². The van der Waals surface area contributed by atoms with Gasteiger partial charge in [0.15, 0.2) is 0 Å². The number of anilines is 3. The Morgan fingerprint density at radius 3 is 2.52 bits per heavy atom. The molecule has 1 fully saturated rings. The van der Waals surface area contributed by atoms with Crippen LogP contribution < -0.4 is 10.6 Å². The van der Waals surface area contributed by atoms with E-state index in [-0.39, 0.29) is 5.91 Å². The average molecular weight is 302 g/mol. The minimum Gasteiger partial charge on any atom is -0.330 e. The van der Waals surface area contributed by atoms with Crippen molar-refractivity contribution in [3.05, 3.63) is 29.1 Å². The predicted molar refractivity (Wildman–Crippen MR) is 85.4 cm³/mol. The third-order valence-electron chi connectivity index (χ3n) is 3.47. The molecule has 1 aliphatic carbocycles. The summed E-state index contributed by atoms with van der Waals surface area (Å²) in [6.07, 6.45) is 2.42. The Morgan fingerprint density at radius 1 is 1.29 bits per heavy atom. The molecule has 1 heterocycles. The van der Waals surface area contributed by atoms with Gasteiger partial charge in [-0.1, -0.05) is 0 Å². The molecule has 0 radical (unpaired) electrons. The highest BCUT2D eigenvalue weighted by atomic mass is 32.1. The first kappa shape index (κ1) is 14.0. The standard InChI is InChI=1S/C15H18N4OS/c1-8-6-12(7-9(2)13(8)16-10(3)20)17-15-18-14(19-21-15)11-4-5-11/h6-7,11H,4-5H2,1-3H3,(H,16,20)(H,17,18,19). The summed E-state index contributed by atoms with van der Waals surface area (Å²) < 4.78 is 4.39. The second-order valence-corrected chi connectivity index (χ2v) is 6.28. The van der Waals surface area contributed by atoms with Crippen LogP contribution in [0.2, 0.25) is 0 Å². The van der Waals surface area contributed by atoms with E-state index in [1.807, 2.05) is 26.0 Å². The highest BCUT2D eigenvalue weighted by molar-refractivity contribution is 7.09. The number of nitrogens with one attached hydrogen (secondary N) is 2. The molecule has 6 heteroatoms. The first-order valence-electron chi connectivity index (χ1n) is 7.02. The van der Waals surface area contributed by atoms with Crippen LogP contribution in [0.15, 0.2) is 12.1 Å². The number of amides is 1. The zero-order valence-corrected chi connectivity index (χ0v) is 13.2. The third kappa shape index (κ3) is 3.21. The van der Waals surface area contributed by atoms with Gasteiger partial charge < -0.3 is 10.6 Å². The molecule has 2 aromatic rings. The molecule has 0 unspecified atom stereocenters. The Bertz CT molecular complexity index is 668. The second kappa shape index (κ2) is 5.44. The van der Waals surface area contributed by atoms with E-state index in [4.69, 9.17) is 0 Å². The summed E-state index contributed by atoms with van der Waals surface area (Å²) in [6.45, 7) is 5.49. The lowest BCUT2D eigenvalue weighted by Crippen LogP contribution is -2.09. The molecule has 2 N–H and O–H groups in total. The average Bonchev–Trinajstić information content (AvgIpc) is 3.15. The smallest absolute Gasteiger partial charge is 0.221 e. The van der Waals surface area contributed by atoms with Crippen molar-refractivity contribution in [2.45, 2.75) is 39.5 Å². The zero-order valence-electron chi connectivity index (χ0n) is 12.4. The highest BCUT2D eigenvalue weighted by Crippen LogP contribution is 2.39. The normalized spacial score (nSPS) is 14.0. The van der Waals surface area contributed by atoms with E-state index >= 15 is 0 Å². The number of benzene rings is 1. The van der Waals surface area contributed by atoms with E-state index in [1.165, 1.54) is 31.3 Å². The van der Waals surface area contributed by atoms with Gasteiger partial charge in [0.25, 0.3) is 0 Å². The minimum absolute atomic E-state index is 0.0555. The predicted octanol–water partition coefficient (Wildman–Crippen LogP) is 3.73. The molecule has 1 saturated carbocycles. The van der Waals surface area contributed by atoms with E-state index < -0.39 is 0 Å². The number of rotatable bonds is 4. The number of carbonyl (C=O) groups excluding carboxylic acids is 1. The van der Waals surface area contributed by atoms with Gasteiger partial charge in [-0.2, -0.15) is 4.37 Å². The van der Waals surface area contributed by atoms with E-state index in [9.17, 15) is 4.79 Å². The first-order valence-corrected chi connectivity index (χ1v) is 7.79. The molecule has 0 spiro atoms. The molecule has 0 aliphatic heterocycles. The Labute approximate surface area is 128 Å². The van der Waals surface area contributed by atoms with Gasteiger partial charge in [0.1, 0.15) is 5.82 Å². The minimum atomic E-state index is -0.0555. The van der Waals surface area contributed by atoms with Crippen molar-refractivity contribution in [1.29, 1.82) is 0 Å². The maximum atomic E-state index is 11.2. The number of hydrogen-bond donors (Lipinski definition) is 2. The number of nitrogens with zero attached hydrogens (tertiary/aromatic N) is 2. The monoisotopic (exact) mass is 302 g/mol. The molecular weight excluding hydrogens is 284 g/mol. The van der Waals surface area contributed by atoms with Gasteiger partial charge in [-0.15, -0.1) is 0 Å². The van der Waals surface area contributed by atoms with Crippen LogP contribution in [-0.2, 0) is 4.79 Å². The van der Waals surface area contributed by atoms with Crippen molar-refractivity contribution >= 4 is 33.9 Å². The summed E-state index contributed by atoms with van der Waals surface area (Å²) in [6, 6.07) is 4.02. The molecule has 5 nitrogen and oxygen atoms in total. The quantitative estimate of drug-likeness (QED) is 0.903. The Morgan fingerprint density at radius 2 is 1.95 bits per heavy atom. The lowest BCUT2D eigenvalue weighted by molar-refractivity contribution is -0.114. The molecule has 0 atom stereocenters. The van der Waals surface area contributed by atoms with Gasteiger partial charge >= 0.3 is 0 Å². The molecule has 1 amide bonds. The maximum Gasteiger partial charge on any atom is 0.221 e. The van der Waals surface area contributed by atoms with Gasteiger partial charge in [0.05, 0.1) is 0 Å². The molecule has 1 aromatic heterocycles. The summed E-state index contributed by atoms with van der Waals surface area (Å²) in [5.41, 5.74) is 3.90.